The van der Waals surface area contributed by atoms with Crippen molar-refractivity contribution in [3.63, 3.8) is 0 Å². The van der Waals surface area contributed by atoms with Crippen LogP contribution in [0.15, 0.2) is 0 Å². The van der Waals surface area contributed by atoms with Crippen molar-refractivity contribution in [3.05, 3.63) is 0 Å². The van der Waals surface area contributed by atoms with Crippen LogP contribution in [0.1, 0.15) is 12.8 Å². The lowest BCUT2D eigenvalue weighted by molar-refractivity contribution is -0.325. The third kappa shape index (κ3) is 17.1. The Morgan fingerprint density at radius 2 is 1.57 bits per heavy atom. The van der Waals surface area contributed by atoms with Gasteiger partial charge in [0, 0.05) is 12.0 Å². The summed E-state index contributed by atoms with van der Waals surface area (Å²) in [6.07, 6.45) is -0.500. The van der Waals surface area contributed by atoms with Gasteiger partial charge in [0.25, 0.3) is 0 Å². The lowest BCUT2D eigenvalue weighted by atomic mass is 10.2. The highest BCUT2D eigenvalue weighted by Crippen LogP contribution is 1.90. The summed E-state index contributed by atoms with van der Waals surface area (Å²) in [5.74, 6) is -2.75. The molecule has 0 rings (SSSR count). The summed E-state index contributed by atoms with van der Waals surface area (Å²) in [5.41, 5.74) is 11.4. The second-order valence-corrected chi connectivity index (χ2v) is 1.84. The van der Waals surface area contributed by atoms with Crippen molar-refractivity contribution in [2.45, 2.75) is 18.9 Å². The van der Waals surface area contributed by atoms with E-state index in [2.05, 4.69) is 11.5 Å². The summed E-state index contributed by atoms with van der Waals surface area (Å²) in [6, 6.07) is -1.21. The normalized spacial score (nSPS) is 9.79. The summed E-state index contributed by atoms with van der Waals surface area (Å²) in [5, 5.41) is 19.6. The highest BCUT2D eigenvalue weighted by molar-refractivity contribution is 5.72. The molecule has 1 atom stereocenters. The van der Waals surface area contributed by atoms with Gasteiger partial charge in [-0.15, -0.1) is 0 Å². The first-order valence-electron chi connectivity index (χ1n) is 4.11. The topological polar surface area (TPSA) is 162 Å². The van der Waals surface area contributed by atoms with Crippen LogP contribution in [0.4, 0.5) is 0 Å². The minimum absolute atomic E-state index is 0.148. The molecular weight excluding hydrogens is 190 g/mol. The van der Waals surface area contributed by atoms with Crippen molar-refractivity contribution in [1.29, 1.82) is 0 Å². The molecule has 14 heavy (non-hydrogen) atoms. The Labute approximate surface area is 82.9 Å². The molecule has 0 aliphatic heterocycles. The zero-order valence-corrected chi connectivity index (χ0v) is 8.62. The quantitative estimate of drug-likeness (QED) is 0.419. The molecule has 0 aromatic carbocycles. The van der Waals surface area contributed by atoms with Crippen molar-refractivity contribution in [2.24, 2.45) is 5.73 Å². The molecule has 8 N–H and O–H groups in total. The second-order valence-electron chi connectivity index (χ2n) is 1.84. The first-order valence-corrected chi connectivity index (χ1v) is 4.11. The molecule has 0 aromatic heterocycles. The molecule has 0 aliphatic rings. The number of carboxylic acid groups (broad SMARTS) is 2. The minimum Gasteiger partial charge on any atom is -0.550 e. The van der Waals surface area contributed by atoms with Crippen LogP contribution < -0.4 is 27.4 Å². The van der Waals surface area contributed by atoms with Gasteiger partial charge in [-0.25, -0.2) is 0 Å². The number of carboxylic acids is 2. The number of aliphatic carboxylic acids is 2. The van der Waals surface area contributed by atoms with Crippen LogP contribution in [-0.2, 0) is 9.59 Å². The van der Waals surface area contributed by atoms with Crippen molar-refractivity contribution < 1.29 is 31.3 Å². The Kier molecular flexibility index (Phi) is 19.0. The lowest BCUT2D eigenvalue weighted by Gasteiger charge is -2.11. The number of nitrogens with two attached hydrogens (primary N) is 1. The molecule has 86 valence electrons. The van der Waals surface area contributed by atoms with Gasteiger partial charge in [-0.1, -0.05) is 0 Å². The number of carbonyl (C=O) groups is 2. The van der Waals surface area contributed by atoms with Gasteiger partial charge in [0.2, 0.25) is 0 Å². The van der Waals surface area contributed by atoms with E-state index in [1.165, 1.54) is 0 Å². The van der Waals surface area contributed by atoms with E-state index in [0.717, 1.165) is 0 Å². The zero-order valence-electron chi connectivity index (χ0n) is 8.62. The van der Waals surface area contributed by atoms with Crippen molar-refractivity contribution in [3.8, 4) is 0 Å². The summed E-state index contributed by atoms with van der Waals surface area (Å²) in [7, 11) is 3.50. The highest BCUT2D eigenvalue weighted by Gasteiger charge is 2.01. The highest BCUT2D eigenvalue weighted by atomic mass is 16.4. The van der Waals surface area contributed by atoms with Gasteiger partial charge in [-0.2, -0.15) is 0 Å². The van der Waals surface area contributed by atoms with E-state index in [-0.39, 0.29) is 12.8 Å². The summed E-state index contributed by atoms with van der Waals surface area (Å²) in [6.45, 7) is 0. The van der Waals surface area contributed by atoms with Crippen LogP contribution in [0, 0.1) is 0 Å². The molecule has 0 saturated carbocycles. The first-order chi connectivity index (χ1) is 6.54. The maximum atomic E-state index is 9.86. The third-order valence-corrected chi connectivity index (χ3v) is 0.962. The molecule has 7 heteroatoms. The molecule has 0 spiro atoms. The van der Waals surface area contributed by atoms with Crippen LogP contribution in [0.3, 0.4) is 0 Å². The standard InChI is InChI=1S/C5H9NO4.2CH5N/c6-3(5(9)10)1-2-4(7)8;2*1-2/h3H,1-2,6H2,(H,7,8)(H,9,10);2*2H2,1H3/t3-;;/m0../s1. The fraction of sp³-hybridized carbons (Fsp3) is 0.714. The second kappa shape index (κ2) is 14.3. The number of quaternary nitrogens is 2. The smallest absolute Gasteiger partial charge is 0.0634 e. The summed E-state index contributed by atoms with van der Waals surface area (Å²) >= 11 is 0. The summed E-state index contributed by atoms with van der Waals surface area (Å²) in [4.78, 5) is 19.6. The van der Waals surface area contributed by atoms with E-state index >= 15 is 0 Å². The Hall–Kier alpha value is -1.18. The molecule has 0 aromatic rings. The van der Waals surface area contributed by atoms with Crippen molar-refractivity contribution in [2.75, 3.05) is 14.1 Å². The maximum absolute atomic E-state index is 9.86. The van der Waals surface area contributed by atoms with E-state index in [1.54, 1.807) is 14.1 Å². The molecular formula is C7H19N3O4. The molecule has 0 unspecified atom stereocenters. The lowest BCUT2D eigenvalue weighted by Crippen LogP contribution is -2.42. The number of hydrogen-bond donors (Lipinski definition) is 3. The molecule has 0 saturated heterocycles. The predicted molar refractivity (Wildman–Crippen MR) is 44.8 cm³/mol. The molecule has 0 fully saturated rings. The first kappa shape index (κ1) is 18.6. The van der Waals surface area contributed by atoms with Gasteiger partial charge in [-0.05, 0) is 12.8 Å². The predicted octanol–water partition coefficient (Wildman–Crippen LogP) is -5.69. The van der Waals surface area contributed by atoms with Gasteiger partial charge in [0.15, 0.2) is 0 Å². The Morgan fingerprint density at radius 1 is 1.21 bits per heavy atom. The average molecular weight is 209 g/mol. The number of rotatable bonds is 4. The molecule has 0 amide bonds. The van der Waals surface area contributed by atoms with Crippen LogP contribution in [0.25, 0.3) is 0 Å². The largest absolute Gasteiger partial charge is 0.550 e. The van der Waals surface area contributed by atoms with Crippen LogP contribution in [0.2, 0.25) is 0 Å². The monoisotopic (exact) mass is 209 g/mol. The van der Waals surface area contributed by atoms with Crippen molar-refractivity contribution in [1.82, 2.24) is 0 Å². The van der Waals surface area contributed by atoms with E-state index in [0.29, 0.717) is 0 Å². The minimum atomic E-state index is -1.44. The fourth-order valence-corrected chi connectivity index (χ4v) is 0.391. The molecule has 0 bridgehead atoms. The van der Waals surface area contributed by atoms with E-state index in [9.17, 15) is 19.8 Å². The SMILES string of the molecule is C[NH3+].C[NH3+].N[C@@H](CCC(=O)[O-])C(=O)[O-]. The van der Waals surface area contributed by atoms with Crippen LogP contribution in [-0.4, -0.2) is 32.1 Å². The van der Waals surface area contributed by atoms with E-state index in [4.69, 9.17) is 5.73 Å². The van der Waals surface area contributed by atoms with Gasteiger partial charge >= 0.3 is 0 Å². The average Bonchev–Trinajstić information content (AvgIpc) is 2.20. The zero-order chi connectivity index (χ0) is 12.1. The van der Waals surface area contributed by atoms with Crippen LogP contribution in [0.5, 0.6) is 0 Å². The Balaban J connectivity index is -0.000000266. The molecule has 7 nitrogen and oxygen atoms in total. The molecule has 0 radical (unpaired) electrons. The third-order valence-electron chi connectivity index (χ3n) is 0.962. The molecule has 0 aliphatic carbocycles. The van der Waals surface area contributed by atoms with Crippen molar-refractivity contribution >= 4 is 11.9 Å². The maximum Gasteiger partial charge on any atom is 0.0634 e. The van der Waals surface area contributed by atoms with Gasteiger partial charge in [-0.3, -0.25) is 0 Å². The Morgan fingerprint density at radius 3 is 1.79 bits per heavy atom. The Bertz CT molecular complexity index is 152. The van der Waals surface area contributed by atoms with Gasteiger partial charge in [0.1, 0.15) is 0 Å². The fourth-order valence-electron chi connectivity index (χ4n) is 0.391. The molecule has 0 heterocycles. The summed E-state index contributed by atoms with van der Waals surface area (Å²) < 4.78 is 0. The number of carbonyl (C=O) groups excluding carboxylic acids is 2. The van der Waals surface area contributed by atoms with E-state index < -0.39 is 18.0 Å². The van der Waals surface area contributed by atoms with Gasteiger partial charge < -0.3 is 37.0 Å². The van der Waals surface area contributed by atoms with Gasteiger partial charge in [0.05, 0.1) is 20.1 Å². The van der Waals surface area contributed by atoms with Crippen LogP contribution >= 0.6 is 0 Å². The van der Waals surface area contributed by atoms with E-state index in [1.807, 2.05) is 0 Å². The number of hydrogen-bond acceptors (Lipinski definition) is 5.